The van der Waals surface area contributed by atoms with E-state index in [9.17, 15) is 9.59 Å². The Kier molecular flexibility index (Phi) is 4.39. The van der Waals surface area contributed by atoms with Gasteiger partial charge in [0, 0.05) is 41.0 Å². The van der Waals surface area contributed by atoms with Crippen LogP contribution in [0.3, 0.4) is 0 Å². The summed E-state index contributed by atoms with van der Waals surface area (Å²) >= 11 is 6.23. The number of hydrogen-bond acceptors (Lipinski definition) is 4. The summed E-state index contributed by atoms with van der Waals surface area (Å²) in [5.41, 5.74) is 2.31. The van der Waals surface area contributed by atoms with Gasteiger partial charge in [0.2, 0.25) is 5.56 Å². The zero-order chi connectivity index (χ0) is 20.0. The zero-order valence-corrected chi connectivity index (χ0v) is 16.4. The second-order valence-corrected chi connectivity index (χ2v) is 7.31. The molecule has 8 heteroatoms. The van der Waals surface area contributed by atoms with Crippen molar-refractivity contribution in [2.75, 3.05) is 0 Å². The number of halogens is 1. The van der Waals surface area contributed by atoms with E-state index in [0.717, 1.165) is 22.2 Å². The molecule has 0 unspecified atom stereocenters. The molecule has 4 heterocycles. The first-order valence-corrected chi connectivity index (χ1v) is 9.20. The molecule has 0 aliphatic heterocycles. The molecule has 0 saturated carbocycles. The smallest absolute Gasteiger partial charge is 0.269 e. The van der Waals surface area contributed by atoms with E-state index in [0.29, 0.717) is 11.5 Å². The fourth-order valence-corrected chi connectivity index (χ4v) is 3.30. The third-order valence-corrected chi connectivity index (χ3v) is 4.76. The van der Waals surface area contributed by atoms with Gasteiger partial charge in [-0.2, -0.15) is 5.10 Å². The van der Waals surface area contributed by atoms with Crippen molar-refractivity contribution >= 4 is 22.6 Å². The summed E-state index contributed by atoms with van der Waals surface area (Å²) in [6.07, 6.45) is 3.57. The molecule has 28 heavy (non-hydrogen) atoms. The molecule has 4 rings (SSSR count). The Morgan fingerprint density at radius 1 is 1.14 bits per heavy atom. The highest BCUT2D eigenvalue weighted by atomic mass is 35.5. The molecule has 0 spiro atoms. The molecule has 1 N–H and O–H groups in total. The van der Waals surface area contributed by atoms with Gasteiger partial charge in [-0.3, -0.25) is 9.59 Å². The lowest BCUT2D eigenvalue weighted by Gasteiger charge is -2.15. The molecule has 0 radical (unpaired) electrons. The third kappa shape index (κ3) is 3.14. The lowest BCUT2D eigenvalue weighted by Crippen LogP contribution is -2.22. The Morgan fingerprint density at radius 3 is 2.61 bits per heavy atom. The predicted molar refractivity (Wildman–Crippen MR) is 109 cm³/mol. The van der Waals surface area contributed by atoms with Crippen LogP contribution in [0.25, 0.3) is 28.0 Å². The lowest BCUT2D eigenvalue weighted by molar-refractivity contribution is 0.579. The summed E-state index contributed by atoms with van der Waals surface area (Å²) in [4.78, 5) is 31.5. The minimum atomic E-state index is -0.241. The first-order chi connectivity index (χ1) is 13.3. The largest absolute Gasteiger partial charge is 0.311 e. The maximum absolute atomic E-state index is 12.4. The Hall–Kier alpha value is -3.19. The lowest BCUT2D eigenvalue weighted by atomic mass is 10.1. The van der Waals surface area contributed by atoms with Gasteiger partial charge in [-0.25, -0.2) is 9.67 Å². The summed E-state index contributed by atoms with van der Waals surface area (Å²) in [5.74, 6) is 0.535. The fraction of sp³-hybridized carbons (Fsp3) is 0.200. The van der Waals surface area contributed by atoms with E-state index in [2.05, 4.69) is 15.1 Å². The molecule has 7 nitrogen and oxygen atoms in total. The van der Waals surface area contributed by atoms with Crippen LogP contribution >= 0.6 is 11.6 Å². The summed E-state index contributed by atoms with van der Waals surface area (Å²) in [6, 6.07) is 8.52. The van der Waals surface area contributed by atoms with Crippen LogP contribution < -0.4 is 11.1 Å². The number of aromatic amines is 1. The number of pyridine rings is 3. The number of rotatable bonds is 3. The highest BCUT2D eigenvalue weighted by Gasteiger charge is 2.16. The molecule has 0 atom stereocenters. The molecular weight excluding hydrogens is 378 g/mol. The van der Waals surface area contributed by atoms with Gasteiger partial charge in [0.25, 0.3) is 5.56 Å². The maximum Gasteiger partial charge on any atom is 0.269 e. The van der Waals surface area contributed by atoms with Crippen LogP contribution in [-0.4, -0.2) is 24.3 Å². The predicted octanol–water partition coefficient (Wildman–Crippen LogP) is 3.48. The Bertz CT molecular complexity index is 1320. The molecule has 0 fully saturated rings. The van der Waals surface area contributed by atoms with E-state index in [4.69, 9.17) is 11.6 Å². The number of aromatic nitrogens is 5. The monoisotopic (exact) mass is 395 g/mol. The second kappa shape index (κ2) is 6.76. The first kappa shape index (κ1) is 18.2. The quantitative estimate of drug-likeness (QED) is 0.575. The van der Waals surface area contributed by atoms with E-state index in [1.54, 1.807) is 33.8 Å². The van der Waals surface area contributed by atoms with Crippen LogP contribution in [0.15, 0.2) is 52.3 Å². The summed E-state index contributed by atoms with van der Waals surface area (Å²) in [5, 5.41) is 5.35. The standard InChI is InChI=1S/C20H18ClN5O2/c1-11(2)25-10-14(9-16(21)20(25)28)15-8-13-4-5-17(27)22-18(13)23-19(15)26-7-6-12(3)24-26/h4-11H,1-3H3,(H,22,23,27). The van der Waals surface area contributed by atoms with Crippen LogP contribution in [0.4, 0.5) is 0 Å². The summed E-state index contributed by atoms with van der Waals surface area (Å²) < 4.78 is 3.24. The van der Waals surface area contributed by atoms with Gasteiger partial charge in [-0.1, -0.05) is 11.6 Å². The van der Waals surface area contributed by atoms with Crippen molar-refractivity contribution in [3.05, 3.63) is 74.1 Å². The molecule has 0 amide bonds. The number of nitrogens with zero attached hydrogens (tertiary/aromatic N) is 4. The third-order valence-electron chi connectivity index (χ3n) is 4.49. The molecule has 4 aromatic heterocycles. The minimum Gasteiger partial charge on any atom is -0.311 e. The number of aryl methyl sites for hydroxylation is 1. The SMILES string of the molecule is Cc1ccn(-c2nc3[nH]c(=O)ccc3cc2-c2cc(Cl)c(=O)n(C(C)C)c2)n1. The zero-order valence-electron chi connectivity index (χ0n) is 15.6. The Morgan fingerprint density at radius 2 is 1.93 bits per heavy atom. The molecule has 142 valence electrons. The van der Waals surface area contributed by atoms with Gasteiger partial charge in [0.05, 0.1) is 5.69 Å². The van der Waals surface area contributed by atoms with E-state index >= 15 is 0 Å². The normalized spacial score (nSPS) is 11.5. The van der Waals surface area contributed by atoms with Crippen molar-refractivity contribution < 1.29 is 0 Å². The molecule has 0 bridgehead atoms. The topological polar surface area (TPSA) is 85.6 Å². The van der Waals surface area contributed by atoms with Gasteiger partial charge < -0.3 is 9.55 Å². The molecule has 4 aromatic rings. The number of H-pyrrole nitrogens is 1. The fourth-order valence-electron chi connectivity index (χ4n) is 3.09. The molecule has 0 aliphatic rings. The van der Waals surface area contributed by atoms with Crippen LogP contribution in [-0.2, 0) is 0 Å². The van der Waals surface area contributed by atoms with E-state index in [1.807, 2.05) is 32.9 Å². The van der Waals surface area contributed by atoms with Crippen molar-refractivity contribution in [1.82, 2.24) is 24.3 Å². The van der Waals surface area contributed by atoms with Crippen LogP contribution in [0.2, 0.25) is 5.02 Å². The summed E-state index contributed by atoms with van der Waals surface area (Å²) in [6.45, 7) is 5.72. The van der Waals surface area contributed by atoms with Crippen molar-refractivity contribution in [2.45, 2.75) is 26.8 Å². The van der Waals surface area contributed by atoms with Crippen molar-refractivity contribution in [1.29, 1.82) is 0 Å². The molecule has 0 saturated heterocycles. The molecule has 0 aliphatic carbocycles. The Balaban J connectivity index is 2.07. The van der Waals surface area contributed by atoms with Crippen LogP contribution in [0, 0.1) is 6.92 Å². The van der Waals surface area contributed by atoms with Crippen molar-refractivity contribution in [3.63, 3.8) is 0 Å². The van der Waals surface area contributed by atoms with Crippen molar-refractivity contribution in [3.8, 4) is 16.9 Å². The maximum atomic E-state index is 12.4. The highest BCUT2D eigenvalue weighted by molar-refractivity contribution is 6.30. The number of hydrogen-bond donors (Lipinski definition) is 1. The average Bonchev–Trinajstić information content (AvgIpc) is 3.08. The van der Waals surface area contributed by atoms with Crippen LogP contribution in [0.1, 0.15) is 25.6 Å². The first-order valence-electron chi connectivity index (χ1n) is 8.82. The van der Waals surface area contributed by atoms with Gasteiger partial charge >= 0.3 is 0 Å². The van der Waals surface area contributed by atoms with E-state index in [1.165, 1.54) is 6.07 Å². The van der Waals surface area contributed by atoms with E-state index < -0.39 is 0 Å². The van der Waals surface area contributed by atoms with Gasteiger partial charge in [0.15, 0.2) is 5.82 Å². The average molecular weight is 396 g/mol. The van der Waals surface area contributed by atoms with Gasteiger partial charge in [-0.05, 0) is 45.0 Å². The summed E-state index contributed by atoms with van der Waals surface area (Å²) in [7, 11) is 0. The van der Waals surface area contributed by atoms with Crippen molar-refractivity contribution in [2.24, 2.45) is 0 Å². The number of fused-ring (bicyclic) bond motifs is 1. The van der Waals surface area contributed by atoms with E-state index in [-0.39, 0.29) is 22.2 Å². The number of nitrogens with one attached hydrogen (secondary N) is 1. The highest BCUT2D eigenvalue weighted by Crippen LogP contribution is 2.29. The molecule has 0 aromatic carbocycles. The van der Waals surface area contributed by atoms with Gasteiger partial charge in [0.1, 0.15) is 10.7 Å². The van der Waals surface area contributed by atoms with Gasteiger partial charge in [-0.15, -0.1) is 0 Å². The Labute approximate surface area is 165 Å². The minimum absolute atomic E-state index is 0.0508. The van der Waals surface area contributed by atoms with Crippen LogP contribution in [0.5, 0.6) is 0 Å². The molecular formula is C20H18ClN5O2. The second-order valence-electron chi connectivity index (χ2n) is 6.90.